The summed E-state index contributed by atoms with van der Waals surface area (Å²) >= 11 is 5.76. The molecule has 1 heterocycles. The van der Waals surface area contributed by atoms with E-state index in [1.807, 2.05) is 30.3 Å². The Morgan fingerprint density at radius 1 is 1.37 bits per heavy atom. The van der Waals surface area contributed by atoms with Gasteiger partial charge in [-0.3, -0.25) is 4.79 Å². The van der Waals surface area contributed by atoms with Crippen molar-refractivity contribution < 1.29 is 4.79 Å². The van der Waals surface area contributed by atoms with Gasteiger partial charge in [0.15, 0.2) is 0 Å². The molecule has 1 aromatic rings. The van der Waals surface area contributed by atoms with Crippen LogP contribution in [0.25, 0.3) is 0 Å². The van der Waals surface area contributed by atoms with E-state index in [9.17, 15) is 4.79 Å². The van der Waals surface area contributed by atoms with Crippen molar-refractivity contribution in [2.75, 3.05) is 19.0 Å². The lowest BCUT2D eigenvalue weighted by molar-refractivity contribution is 0.0908. The van der Waals surface area contributed by atoms with E-state index in [1.54, 1.807) is 0 Å². The van der Waals surface area contributed by atoms with Gasteiger partial charge in [-0.15, -0.1) is 11.6 Å². The van der Waals surface area contributed by atoms with E-state index in [2.05, 4.69) is 10.6 Å². The second kappa shape index (κ2) is 7.51. The molecule has 0 spiro atoms. The molecule has 1 aromatic carbocycles. The van der Waals surface area contributed by atoms with Gasteiger partial charge in [0.2, 0.25) is 0 Å². The van der Waals surface area contributed by atoms with E-state index < -0.39 is 0 Å². The van der Waals surface area contributed by atoms with Crippen molar-refractivity contribution >= 4 is 17.5 Å². The molecule has 2 atom stereocenters. The minimum absolute atomic E-state index is 0.0309. The van der Waals surface area contributed by atoms with Gasteiger partial charge in [0.25, 0.3) is 5.91 Å². The summed E-state index contributed by atoms with van der Waals surface area (Å²) in [5, 5.41) is 6.56. The van der Waals surface area contributed by atoms with Crippen LogP contribution in [0.1, 0.15) is 29.6 Å². The Morgan fingerprint density at radius 2 is 2.16 bits per heavy atom. The minimum atomic E-state index is 0.0309. The summed E-state index contributed by atoms with van der Waals surface area (Å²) < 4.78 is 0. The van der Waals surface area contributed by atoms with Gasteiger partial charge in [-0.1, -0.05) is 18.2 Å². The third-order valence-corrected chi connectivity index (χ3v) is 3.94. The van der Waals surface area contributed by atoms with Gasteiger partial charge in [-0.05, 0) is 50.4 Å². The Labute approximate surface area is 119 Å². The second-order valence-electron chi connectivity index (χ2n) is 5.03. The molecule has 3 nitrogen and oxygen atoms in total. The molecule has 2 N–H and O–H groups in total. The summed E-state index contributed by atoms with van der Waals surface area (Å²) in [5.41, 5.74) is 0.733. The first-order valence-corrected chi connectivity index (χ1v) is 7.47. The lowest BCUT2D eigenvalue weighted by Gasteiger charge is -2.32. The number of halogens is 1. The lowest BCUT2D eigenvalue weighted by Crippen LogP contribution is -2.49. The molecule has 0 saturated carbocycles. The summed E-state index contributed by atoms with van der Waals surface area (Å²) in [6.45, 7) is 1.94. The van der Waals surface area contributed by atoms with Crippen LogP contribution in [0, 0.1) is 5.92 Å². The topological polar surface area (TPSA) is 41.1 Å². The summed E-state index contributed by atoms with van der Waals surface area (Å²) in [5.74, 6) is 1.21. The maximum atomic E-state index is 12.2. The standard InChI is InChI=1S/C15H21ClN2O/c16-9-4-7-13-11-17-10-8-14(13)18-15(19)12-5-2-1-3-6-12/h1-3,5-6,13-14,17H,4,7-11H2,(H,18,19). The van der Waals surface area contributed by atoms with Crippen LogP contribution in [-0.2, 0) is 0 Å². The summed E-state index contributed by atoms with van der Waals surface area (Å²) in [6, 6.07) is 9.67. The zero-order valence-electron chi connectivity index (χ0n) is 11.1. The smallest absolute Gasteiger partial charge is 0.251 e. The zero-order valence-corrected chi connectivity index (χ0v) is 11.8. The summed E-state index contributed by atoms with van der Waals surface area (Å²) in [4.78, 5) is 12.2. The normalized spacial score (nSPS) is 23.0. The molecule has 2 rings (SSSR count). The van der Waals surface area contributed by atoms with E-state index in [0.29, 0.717) is 11.8 Å². The third-order valence-electron chi connectivity index (χ3n) is 3.67. The molecule has 1 fully saturated rings. The van der Waals surface area contributed by atoms with Gasteiger partial charge in [0.1, 0.15) is 0 Å². The van der Waals surface area contributed by atoms with Gasteiger partial charge in [0, 0.05) is 17.5 Å². The molecule has 19 heavy (non-hydrogen) atoms. The highest BCUT2D eigenvalue weighted by Gasteiger charge is 2.26. The number of piperidine rings is 1. The molecule has 1 aliphatic heterocycles. The average molecular weight is 281 g/mol. The quantitative estimate of drug-likeness (QED) is 0.814. The van der Waals surface area contributed by atoms with E-state index in [1.165, 1.54) is 0 Å². The van der Waals surface area contributed by atoms with Crippen molar-refractivity contribution in [3.63, 3.8) is 0 Å². The van der Waals surface area contributed by atoms with Gasteiger partial charge >= 0.3 is 0 Å². The van der Waals surface area contributed by atoms with E-state index in [0.717, 1.165) is 37.9 Å². The summed E-state index contributed by atoms with van der Waals surface area (Å²) in [6.07, 6.45) is 3.06. The molecule has 0 aliphatic carbocycles. The van der Waals surface area contributed by atoms with Crippen LogP contribution in [0.2, 0.25) is 0 Å². The highest BCUT2D eigenvalue weighted by molar-refractivity contribution is 6.17. The molecular weight excluding hydrogens is 260 g/mol. The van der Waals surface area contributed by atoms with Crippen molar-refractivity contribution in [3.8, 4) is 0 Å². The van der Waals surface area contributed by atoms with Crippen LogP contribution < -0.4 is 10.6 Å². The Bertz CT molecular complexity index is 396. The van der Waals surface area contributed by atoms with E-state index in [4.69, 9.17) is 11.6 Å². The molecule has 104 valence electrons. The molecule has 0 bridgehead atoms. The van der Waals surface area contributed by atoms with E-state index in [-0.39, 0.29) is 11.9 Å². The second-order valence-corrected chi connectivity index (χ2v) is 5.41. The fraction of sp³-hybridized carbons (Fsp3) is 0.533. The number of nitrogens with one attached hydrogen (secondary N) is 2. The first-order chi connectivity index (χ1) is 9.31. The SMILES string of the molecule is O=C(NC1CCNCC1CCCCl)c1ccccc1. The highest BCUT2D eigenvalue weighted by atomic mass is 35.5. The Hall–Kier alpha value is -1.06. The average Bonchev–Trinajstić information content (AvgIpc) is 2.47. The maximum Gasteiger partial charge on any atom is 0.251 e. The van der Waals surface area contributed by atoms with Crippen LogP contribution in [0.3, 0.4) is 0 Å². The number of carbonyl (C=O) groups excluding carboxylic acids is 1. The largest absolute Gasteiger partial charge is 0.349 e. The van der Waals surface area contributed by atoms with Gasteiger partial charge in [-0.25, -0.2) is 0 Å². The van der Waals surface area contributed by atoms with Crippen molar-refractivity contribution in [1.82, 2.24) is 10.6 Å². The van der Waals surface area contributed by atoms with Gasteiger partial charge < -0.3 is 10.6 Å². The lowest BCUT2D eigenvalue weighted by atomic mass is 9.89. The minimum Gasteiger partial charge on any atom is -0.349 e. The van der Waals surface area contributed by atoms with Crippen LogP contribution in [0.15, 0.2) is 30.3 Å². The number of hydrogen-bond acceptors (Lipinski definition) is 2. The van der Waals surface area contributed by atoms with Crippen LogP contribution >= 0.6 is 11.6 Å². The number of hydrogen-bond donors (Lipinski definition) is 2. The number of rotatable bonds is 5. The predicted octanol–water partition coefficient (Wildman–Crippen LogP) is 2.41. The molecular formula is C15H21ClN2O. The zero-order chi connectivity index (χ0) is 13.5. The fourth-order valence-corrected chi connectivity index (χ4v) is 2.75. The number of benzene rings is 1. The van der Waals surface area contributed by atoms with Crippen molar-refractivity contribution in [3.05, 3.63) is 35.9 Å². The first kappa shape index (κ1) is 14.4. The Kier molecular flexibility index (Phi) is 5.67. The number of amides is 1. The van der Waals surface area contributed by atoms with Gasteiger partial charge in [0.05, 0.1) is 0 Å². The first-order valence-electron chi connectivity index (χ1n) is 6.94. The van der Waals surface area contributed by atoms with Crippen LogP contribution in [-0.4, -0.2) is 30.9 Å². The monoisotopic (exact) mass is 280 g/mol. The predicted molar refractivity (Wildman–Crippen MR) is 78.6 cm³/mol. The fourth-order valence-electron chi connectivity index (χ4n) is 2.60. The molecule has 1 aliphatic rings. The summed E-state index contributed by atoms with van der Waals surface area (Å²) in [7, 11) is 0. The maximum absolute atomic E-state index is 12.2. The van der Waals surface area contributed by atoms with E-state index >= 15 is 0 Å². The molecule has 0 aromatic heterocycles. The Balaban J connectivity index is 1.93. The number of carbonyl (C=O) groups is 1. The number of alkyl halides is 1. The van der Waals surface area contributed by atoms with Crippen molar-refractivity contribution in [2.45, 2.75) is 25.3 Å². The van der Waals surface area contributed by atoms with Crippen LogP contribution in [0.4, 0.5) is 0 Å². The van der Waals surface area contributed by atoms with Gasteiger partial charge in [-0.2, -0.15) is 0 Å². The molecule has 0 radical (unpaired) electrons. The van der Waals surface area contributed by atoms with Crippen molar-refractivity contribution in [2.24, 2.45) is 5.92 Å². The van der Waals surface area contributed by atoms with Crippen molar-refractivity contribution in [1.29, 1.82) is 0 Å². The molecule has 1 amide bonds. The van der Waals surface area contributed by atoms with Crippen LogP contribution in [0.5, 0.6) is 0 Å². The highest BCUT2D eigenvalue weighted by Crippen LogP contribution is 2.18. The Morgan fingerprint density at radius 3 is 2.89 bits per heavy atom. The molecule has 4 heteroatoms. The molecule has 2 unspecified atom stereocenters. The third kappa shape index (κ3) is 4.22. The molecule has 1 saturated heterocycles.